The van der Waals surface area contributed by atoms with Gasteiger partial charge in [-0.15, -0.1) is 0 Å². The molecule has 0 aliphatic carbocycles. The van der Waals surface area contributed by atoms with E-state index < -0.39 is 5.92 Å². The highest BCUT2D eigenvalue weighted by Crippen LogP contribution is 2.23. The number of hydrogen-bond acceptors (Lipinski definition) is 1. The van der Waals surface area contributed by atoms with Crippen molar-refractivity contribution < 1.29 is 8.78 Å². The lowest BCUT2D eigenvalue weighted by Crippen LogP contribution is -2.14. The summed E-state index contributed by atoms with van der Waals surface area (Å²) in [7, 11) is 0. The van der Waals surface area contributed by atoms with Crippen LogP contribution in [-0.2, 0) is 0 Å². The average Bonchev–Trinajstić information content (AvgIpc) is 1.89. The second kappa shape index (κ2) is 4.94. The Morgan fingerprint density at radius 2 is 2.10 bits per heavy atom. The van der Waals surface area contributed by atoms with Crippen LogP contribution >= 0.6 is 11.8 Å². The molecule has 0 amide bonds. The second-order valence-electron chi connectivity index (χ2n) is 2.07. The van der Waals surface area contributed by atoms with Gasteiger partial charge in [0.15, 0.2) is 0 Å². The second-order valence-corrected chi connectivity index (χ2v) is 3.30. The van der Waals surface area contributed by atoms with E-state index >= 15 is 0 Å². The van der Waals surface area contributed by atoms with Crippen molar-refractivity contribution in [3.63, 3.8) is 0 Å². The van der Waals surface area contributed by atoms with Crippen LogP contribution in [0.25, 0.3) is 0 Å². The molecule has 10 heavy (non-hydrogen) atoms. The minimum Gasteiger partial charge on any atom is -0.207 e. The molecule has 1 radical (unpaired) electrons. The van der Waals surface area contributed by atoms with Crippen molar-refractivity contribution in [1.82, 2.24) is 0 Å². The standard InChI is InChI=1S/C7H13F2S/c1-3-7(8,9)5-6-10-4-2/h2-6H2,1H3. The third kappa shape index (κ3) is 5.03. The Kier molecular flexibility index (Phi) is 5.04. The van der Waals surface area contributed by atoms with Gasteiger partial charge in [0, 0.05) is 12.8 Å². The smallest absolute Gasteiger partial charge is 0.207 e. The predicted octanol–water partition coefficient (Wildman–Crippen LogP) is 2.99. The Bertz CT molecular complexity index is 83.7. The molecule has 0 nitrogen and oxygen atoms in total. The summed E-state index contributed by atoms with van der Waals surface area (Å²) in [5, 5.41) is 0. The molecule has 0 aliphatic heterocycles. The molecule has 0 saturated heterocycles. The lowest BCUT2D eigenvalue weighted by molar-refractivity contribution is -0.00524. The van der Waals surface area contributed by atoms with E-state index in [1.165, 1.54) is 18.7 Å². The van der Waals surface area contributed by atoms with Crippen LogP contribution in [-0.4, -0.2) is 17.4 Å². The Morgan fingerprint density at radius 3 is 2.50 bits per heavy atom. The van der Waals surface area contributed by atoms with Gasteiger partial charge >= 0.3 is 0 Å². The molecule has 0 N–H and O–H groups in total. The van der Waals surface area contributed by atoms with Crippen LogP contribution < -0.4 is 0 Å². The van der Waals surface area contributed by atoms with Crippen LogP contribution in [0, 0.1) is 6.92 Å². The zero-order chi connectivity index (χ0) is 8.04. The first kappa shape index (κ1) is 10.2. The molecule has 0 spiro atoms. The normalized spacial score (nSPS) is 12.0. The van der Waals surface area contributed by atoms with E-state index in [1.54, 1.807) is 0 Å². The van der Waals surface area contributed by atoms with Gasteiger partial charge in [-0.1, -0.05) is 6.92 Å². The first-order chi connectivity index (χ1) is 4.62. The van der Waals surface area contributed by atoms with Gasteiger partial charge < -0.3 is 0 Å². The number of alkyl halides is 2. The molecule has 0 heterocycles. The van der Waals surface area contributed by atoms with Gasteiger partial charge in [0.2, 0.25) is 5.92 Å². The number of thioether (sulfide) groups is 1. The summed E-state index contributed by atoms with van der Waals surface area (Å²) in [5.41, 5.74) is 0. The van der Waals surface area contributed by atoms with Crippen LogP contribution in [0.2, 0.25) is 0 Å². The molecule has 0 aromatic heterocycles. The predicted molar refractivity (Wildman–Crippen MR) is 42.5 cm³/mol. The topological polar surface area (TPSA) is 0 Å². The third-order valence-electron chi connectivity index (χ3n) is 1.27. The molecule has 0 bridgehead atoms. The molecule has 3 heteroatoms. The lowest BCUT2D eigenvalue weighted by atomic mass is 10.2. The van der Waals surface area contributed by atoms with Crippen LogP contribution in [0.5, 0.6) is 0 Å². The highest BCUT2D eigenvalue weighted by Gasteiger charge is 2.24. The molecule has 0 fully saturated rings. The molecule has 61 valence electrons. The first-order valence-corrected chi connectivity index (χ1v) is 4.52. The molecule has 0 rings (SSSR count). The first-order valence-electron chi connectivity index (χ1n) is 3.37. The van der Waals surface area contributed by atoms with Crippen LogP contribution in [0.3, 0.4) is 0 Å². The fourth-order valence-electron chi connectivity index (χ4n) is 0.500. The van der Waals surface area contributed by atoms with Crippen molar-refractivity contribution in [3.05, 3.63) is 6.92 Å². The fourth-order valence-corrected chi connectivity index (χ4v) is 1.15. The van der Waals surface area contributed by atoms with Gasteiger partial charge in [0.25, 0.3) is 0 Å². The van der Waals surface area contributed by atoms with Gasteiger partial charge in [-0.05, 0) is 18.4 Å². The van der Waals surface area contributed by atoms with Crippen LogP contribution in [0.4, 0.5) is 8.78 Å². The Hall–Kier alpha value is 0.210. The molecule has 0 aromatic carbocycles. The highest BCUT2D eigenvalue weighted by molar-refractivity contribution is 7.99. The zero-order valence-corrected chi connectivity index (χ0v) is 7.02. The van der Waals surface area contributed by atoms with Crippen molar-refractivity contribution in [2.24, 2.45) is 0 Å². The Balaban J connectivity index is 3.28. The molecule has 0 unspecified atom stereocenters. The van der Waals surface area contributed by atoms with E-state index in [9.17, 15) is 8.78 Å². The molecule has 0 atom stereocenters. The van der Waals surface area contributed by atoms with E-state index in [0.29, 0.717) is 11.5 Å². The molecule has 0 aromatic rings. The largest absolute Gasteiger partial charge is 0.248 e. The number of hydrogen-bond donors (Lipinski definition) is 0. The van der Waals surface area contributed by atoms with Gasteiger partial charge in [-0.25, -0.2) is 8.78 Å². The summed E-state index contributed by atoms with van der Waals surface area (Å²) in [6.07, 6.45) is -0.0611. The fraction of sp³-hybridized carbons (Fsp3) is 0.857. The summed E-state index contributed by atoms with van der Waals surface area (Å²) in [5.74, 6) is -1.26. The van der Waals surface area contributed by atoms with E-state index in [-0.39, 0.29) is 12.8 Å². The Labute approximate surface area is 65.4 Å². The minimum atomic E-state index is -2.46. The van der Waals surface area contributed by atoms with Crippen LogP contribution in [0.1, 0.15) is 19.8 Å². The SMILES string of the molecule is [CH2]CSCCC(F)(F)CC. The lowest BCUT2D eigenvalue weighted by Gasteiger charge is -2.12. The van der Waals surface area contributed by atoms with Crippen molar-refractivity contribution in [2.45, 2.75) is 25.7 Å². The molecule has 0 aliphatic rings. The maximum atomic E-state index is 12.4. The third-order valence-corrected chi connectivity index (χ3v) is 2.06. The minimum absolute atomic E-state index is 0.0102. The highest BCUT2D eigenvalue weighted by atomic mass is 32.2. The maximum Gasteiger partial charge on any atom is 0.248 e. The molecule has 0 saturated carbocycles. The average molecular weight is 167 g/mol. The summed E-state index contributed by atoms with van der Waals surface area (Å²) >= 11 is 1.46. The number of rotatable bonds is 5. The molecular weight excluding hydrogens is 154 g/mol. The summed E-state index contributed by atoms with van der Waals surface area (Å²) in [4.78, 5) is 0. The Morgan fingerprint density at radius 1 is 1.50 bits per heavy atom. The van der Waals surface area contributed by atoms with E-state index in [2.05, 4.69) is 6.92 Å². The molecular formula is C7H13F2S. The van der Waals surface area contributed by atoms with Crippen molar-refractivity contribution >= 4 is 11.8 Å². The quantitative estimate of drug-likeness (QED) is 0.567. The van der Waals surface area contributed by atoms with Crippen molar-refractivity contribution in [3.8, 4) is 0 Å². The van der Waals surface area contributed by atoms with Gasteiger partial charge in [0.1, 0.15) is 0 Å². The van der Waals surface area contributed by atoms with Crippen LogP contribution in [0.15, 0.2) is 0 Å². The summed E-state index contributed by atoms with van der Waals surface area (Å²) in [6, 6.07) is 0. The maximum absolute atomic E-state index is 12.4. The van der Waals surface area contributed by atoms with E-state index in [1.807, 2.05) is 0 Å². The van der Waals surface area contributed by atoms with Gasteiger partial charge in [-0.2, -0.15) is 11.8 Å². The summed E-state index contributed by atoms with van der Waals surface area (Å²) < 4.78 is 24.9. The van der Waals surface area contributed by atoms with E-state index in [0.717, 1.165) is 0 Å². The van der Waals surface area contributed by atoms with Gasteiger partial charge in [0.05, 0.1) is 0 Å². The van der Waals surface area contributed by atoms with Crippen molar-refractivity contribution in [2.75, 3.05) is 11.5 Å². The van der Waals surface area contributed by atoms with Gasteiger partial charge in [-0.3, -0.25) is 0 Å². The zero-order valence-electron chi connectivity index (χ0n) is 6.20. The van der Waals surface area contributed by atoms with E-state index in [4.69, 9.17) is 0 Å². The summed E-state index contributed by atoms with van der Waals surface area (Å²) in [6.45, 7) is 5.06. The number of halogens is 2. The monoisotopic (exact) mass is 167 g/mol. The van der Waals surface area contributed by atoms with Crippen molar-refractivity contribution in [1.29, 1.82) is 0 Å².